The van der Waals surface area contributed by atoms with Crippen LogP contribution in [0.2, 0.25) is 5.02 Å². The van der Waals surface area contributed by atoms with Gasteiger partial charge in [0.05, 0.1) is 11.0 Å². The summed E-state index contributed by atoms with van der Waals surface area (Å²) in [5.74, 6) is 2.45. The van der Waals surface area contributed by atoms with Crippen LogP contribution in [0.5, 0.6) is 5.75 Å². The first-order valence-corrected chi connectivity index (χ1v) is 15.2. The van der Waals surface area contributed by atoms with Crippen LogP contribution in [0.4, 0.5) is 0 Å². The molecule has 206 valence electrons. The van der Waals surface area contributed by atoms with Gasteiger partial charge >= 0.3 is 0 Å². The summed E-state index contributed by atoms with van der Waals surface area (Å²) in [5.41, 5.74) is 3.51. The monoisotopic (exact) mass is 536 g/mol. The number of hydrogen-bond donors (Lipinski definition) is 0. The van der Waals surface area contributed by atoms with Crippen LogP contribution in [0, 0.1) is 12.8 Å². The number of aromatic nitrogens is 2. The third-order valence-electron chi connectivity index (χ3n) is 8.61. The first kappa shape index (κ1) is 27.5. The minimum atomic E-state index is 0.453. The lowest BCUT2D eigenvalue weighted by atomic mass is 9.96. The van der Waals surface area contributed by atoms with Crippen molar-refractivity contribution in [2.75, 3.05) is 32.7 Å². The smallest absolute Gasteiger partial charge is 0.148 e. The maximum atomic E-state index is 6.12. The van der Waals surface area contributed by atoms with E-state index in [-0.39, 0.29) is 0 Å². The van der Waals surface area contributed by atoms with E-state index >= 15 is 0 Å². The first-order valence-electron chi connectivity index (χ1n) is 14.9. The second kappa shape index (κ2) is 13.3. The highest BCUT2D eigenvalue weighted by Crippen LogP contribution is 2.25. The van der Waals surface area contributed by atoms with Crippen LogP contribution >= 0.6 is 11.6 Å². The van der Waals surface area contributed by atoms with Gasteiger partial charge in [-0.3, -0.25) is 0 Å². The molecule has 3 heterocycles. The van der Waals surface area contributed by atoms with Gasteiger partial charge in [-0.05, 0) is 113 Å². The van der Waals surface area contributed by atoms with Gasteiger partial charge in [0.25, 0.3) is 0 Å². The normalized spacial score (nSPS) is 20.1. The maximum absolute atomic E-state index is 6.12. The molecule has 0 bridgehead atoms. The molecule has 0 aliphatic carbocycles. The van der Waals surface area contributed by atoms with Crippen molar-refractivity contribution in [2.45, 2.75) is 84.4 Å². The highest BCUT2D eigenvalue weighted by Gasteiger charge is 2.25. The summed E-state index contributed by atoms with van der Waals surface area (Å²) < 4.78 is 8.51. The molecule has 1 unspecified atom stereocenters. The third kappa shape index (κ3) is 7.11. The lowest BCUT2D eigenvalue weighted by Crippen LogP contribution is -2.44. The van der Waals surface area contributed by atoms with Gasteiger partial charge in [0, 0.05) is 24.2 Å². The Hall–Kier alpha value is -2.08. The molecule has 2 aliphatic rings. The fourth-order valence-electron chi connectivity index (χ4n) is 6.36. The predicted octanol–water partition coefficient (Wildman–Crippen LogP) is 7.33. The van der Waals surface area contributed by atoms with Crippen LogP contribution < -0.4 is 4.74 Å². The molecule has 2 saturated heterocycles. The summed E-state index contributed by atoms with van der Waals surface area (Å²) in [4.78, 5) is 10.5. The Bertz CT molecular complexity index is 1150. The number of ether oxygens (including phenoxy) is 1. The standard InChI is InChI=1S/C32H45ClN4O/c1-25(23-36-20-7-4-10-28(36)17-21-35-18-5-3-6-19-35)16-22-37-30-11-8-9-26(2)32(30)34-31(37)24-38-29-14-12-27(33)13-15-29/h8-9,11-15,25,28H,3-7,10,16-24H2,1-2H3/t25-,28?/m1/s1. The number of nitrogens with zero attached hydrogens (tertiary/aromatic N) is 4. The van der Waals surface area contributed by atoms with Gasteiger partial charge in [-0.2, -0.15) is 0 Å². The van der Waals surface area contributed by atoms with Crippen molar-refractivity contribution in [3.8, 4) is 5.75 Å². The summed E-state index contributed by atoms with van der Waals surface area (Å²) in [6.45, 7) is 12.4. The lowest BCUT2D eigenvalue weighted by molar-refractivity contribution is 0.103. The van der Waals surface area contributed by atoms with E-state index in [0.717, 1.165) is 41.1 Å². The van der Waals surface area contributed by atoms with Crippen molar-refractivity contribution in [1.29, 1.82) is 0 Å². The van der Waals surface area contributed by atoms with Crippen LogP contribution in [0.1, 0.15) is 69.7 Å². The molecule has 2 atom stereocenters. The number of rotatable bonds is 11. The zero-order chi connectivity index (χ0) is 26.3. The lowest BCUT2D eigenvalue weighted by Gasteiger charge is -2.39. The van der Waals surface area contributed by atoms with E-state index in [1.54, 1.807) is 0 Å². The summed E-state index contributed by atoms with van der Waals surface area (Å²) in [6, 6.07) is 14.8. The topological polar surface area (TPSA) is 33.5 Å². The number of benzene rings is 2. The number of fused-ring (bicyclic) bond motifs is 1. The van der Waals surface area contributed by atoms with Crippen molar-refractivity contribution in [3.05, 3.63) is 58.9 Å². The number of imidazole rings is 1. The fraction of sp³-hybridized carbons (Fsp3) is 0.594. The number of para-hydroxylation sites is 1. The summed E-state index contributed by atoms with van der Waals surface area (Å²) in [5, 5.41) is 0.719. The zero-order valence-corrected chi connectivity index (χ0v) is 24.1. The van der Waals surface area contributed by atoms with Crippen LogP contribution in [0.25, 0.3) is 11.0 Å². The van der Waals surface area contributed by atoms with Crippen LogP contribution in [-0.2, 0) is 13.2 Å². The average Bonchev–Trinajstić information content (AvgIpc) is 3.30. The van der Waals surface area contributed by atoms with E-state index in [9.17, 15) is 0 Å². The van der Waals surface area contributed by atoms with Crippen molar-refractivity contribution in [3.63, 3.8) is 0 Å². The largest absolute Gasteiger partial charge is 0.486 e. The highest BCUT2D eigenvalue weighted by atomic mass is 35.5. The van der Waals surface area contributed by atoms with Crippen molar-refractivity contribution in [1.82, 2.24) is 19.4 Å². The second-order valence-electron chi connectivity index (χ2n) is 11.6. The van der Waals surface area contributed by atoms with Crippen LogP contribution in [0.3, 0.4) is 0 Å². The molecule has 3 aromatic rings. The Balaban J connectivity index is 1.21. The first-order chi connectivity index (χ1) is 18.6. The molecule has 38 heavy (non-hydrogen) atoms. The molecule has 0 spiro atoms. The summed E-state index contributed by atoms with van der Waals surface area (Å²) in [6.07, 6.45) is 10.8. The van der Waals surface area contributed by atoms with Crippen molar-refractivity contribution >= 4 is 22.6 Å². The van der Waals surface area contributed by atoms with Gasteiger partial charge in [-0.25, -0.2) is 4.98 Å². The fourth-order valence-corrected chi connectivity index (χ4v) is 6.48. The van der Waals surface area contributed by atoms with Gasteiger partial charge in [0.15, 0.2) is 0 Å². The molecule has 0 saturated carbocycles. The molecular formula is C32H45ClN4O. The van der Waals surface area contributed by atoms with Gasteiger partial charge < -0.3 is 19.1 Å². The Kier molecular flexibility index (Phi) is 9.63. The van der Waals surface area contributed by atoms with E-state index in [2.05, 4.69) is 46.4 Å². The van der Waals surface area contributed by atoms with Crippen molar-refractivity contribution < 1.29 is 4.74 Å². The Morgan fingerprint density at radius 2 is 1.76 bits per heavy atom. The van der Waals surface area contributed by atoms with Gasteiger partial charge in [0.2, 0.25) is 0 Å². The van der Waals surface area contributed by atoms with E-state index in [1.165, 1.54) is 88.7 Å². The van der Waals surface area contributed by atoms with Gasteiger partial charge in [0.1, 0.15) is 18.2 Å². The number of halogens is 1. The maximum Gasteiger partial charge on any atom is 0.148 e. The number of likely N-dealkylation sites (tertiary alicyclic amines) is 2. The number of aryl methyl sites for hydroxylation is 2. The van der Waals surface area contributed by atoms with Crippen molar-refractivity contribution in [2.24, 2.45) is 5.92 Å². The summed E-state index contributed by atoms with van der Waals surface area (Å²) >= 11 is 6.05. The van der Waals surface area contributed by atoms with E-state index in [0.29, 0.717) is 12.5 Å². The minimum absolute atomic E-state index is 0.453. The summed E-state index contributed by atoms with van der Waals surface area (Å²) in [7, 11) is 0. The molecule has 5 rings (SSSR count). The van der Waals surface area contributed by atoms with E-state index in [1.807, 2.05) is 24.3 Å². The molecule has 5 nitrogen and oxygen atoms in total. The van der Waals surface area contributed by atoms with Gasteiger partial charge in [-0.15, -0.1) is 0 Å². The van der Waals surface area contributed by atoms with E-state index in [4.69, 9.17) is 21.3 Å². The van der Waals surface area contributed by atoms with Crippen LogP contribution in [0.15, 0.2) is 42.5 Å². The Labute approximate surface area is 234 Å². The SMILES string of the molecule is Cc1cccc2c1nc(COc1ccc(Cl)cc1)n2CC[C@@H](C)CN1CCCCC1CCN1CCCCC1. The Morgan fingerprint density at radius 3 is 2.58 bits per heavy atom. The second-order valence-corrected chi connectivity index (χ2v) is 12.0. The molecule has 1 aromatic heterocycles. The minimum Gasteiger partial charge on any atom is -0.486 e. The number of piperidine rings is 2. The molecule has 6 heteroatoms. The molecule has 0 radical (unpaired) electrons. The molecule has 2 aliphatic heterocycles. The molecular weight excluding hydrogens is 492 g/mol. The molecule has 0 amide bonds. The Morgan fingerprint density at radius 1 is 0.974 bits per heavy atom. The third-order valence-corrected chi connectivity index (χ3v) is 8.86. The molecule has 0 N–H and O–H groups in total. The quantitative estimate of drug-likeness (QED) is 0.257. The highest BCUT2D eigenvalue weighted by molar-refractivity contribution is 6.30. The predicted molar refractivity (Wildman–Crippen MR) is 158 cm³/mol. The number of hydrogen-bond acceptors (Lipinski definition) is 4. The molecule has 2 aromatic carbocycles. The van der Waals surface area contributed by atoms with Crippen LogP contribution in [-0.4, -0.2) is 58.1 Å². The molecule has 2 fully saturated rings. The van der Waals surface area contributed by atoms with Gasteiger partial charge in [-0.1, -0.05) is 43.5 Å². The van der Waals surface area contributed by atoms with E-state index < -0.39 is 0 Å². The average molecular weight is 537 g/mol. The zero-order valence-electron chi connectivity index (χ0n) is 23.4.